The number of aryl methyl sites for hydroxylation is 2. The number of imidazole rings is 1. The van der Waals surface area contributed by atoms with Crippen LogP contribution in [0.15, 0.2) is 15.9 Å². The zero-order valence-electron chi connectivity index (χ0n) is 15.9. The zero-order valence-corrected chi connectivity index (χ0v) is 15.9. The van der Waals surface area contributed by atoms with Gasteiger partial charge in [-0.3, -0.25) is 13.9 Å². The van der Waals surface area contributed by atoms with Gasteiger partial charge in [0, 0.05) is 26.7 Å². The molecule has 8 nitrogen and oxygen atoms in total. The molecular formula is C18H31N5O3. The van der Waals surface area contributed by atoms with Crippen molar-refractivity contribution in [1.82, 2.24) is 18.7 Å². The van der Waals surface area contributed by atoms with Crippen LogP contribution in [0.5, 0.6) is 0 Å². The highest BCUT2D eigenvalue weighted by atomic mass is 16.3. The van der Waals surface area contributed by atoms with Crippen LogP contribution in [0, 0.1) is 0 Å². The van der Waals surface area contributed by atoms with Gasteiger partial charge in [-0.1, -0.05) is 38.5 Å². The van der Waals surface area contributed by atoms with Crippen molar-refractivity contribution in [2.75, 3.05) is 6.61 Å². The summed E-state index contributed by atoms with van der Waals surface area (Å²) in [6, 6.07) is -0.0901. The molecule has 0 saturated carbocycles. The van der Waals surface area contributed by atoms with Crippen LogP contribution in [0.1, 0.15) is 51.4 Å². The largest absolute Gasteiger partial charge is 0.395 e. The molecule has 2 heterocycles. The van der Waals surface area contributed by atoms with Crippen molar-refractivity contribution in [3.63, 3.8) is 0 Å². The van der Waals surface area contributed by atoms with Crippen LogP contribution in [0.4, 0.5) is 0 Å². The molecule has 2 aromatic heterocycles. The summed E-state index contributed by atoms with van der Waals surface area (Å²) in [7, 11) is 3.41. The maximum Gasteiger partial charge on any atom is 0.332 e. The summed E-state index contributed by atoms with van der Waals surface area (Å²) in [6.07, 6.45) is 9.81. The molecule has 0 fully saturated rings. The molecule has 26 heavy (non-hydrogen) atoms. The second-order valence-corrected chi connectivity index (χ2v) is 7.03. The molecule has 0 amide bonds. The fourth-order valence-corrected chi connectivity index (χ4v) is 3.25. The molecule has 0 aliphatic rings. The maximum atomic E-state index is 12.6. The first-order valence-electron chi connectivity index (χ1n) is 9.44. The summed E-state index contributed by atoms with van der Waals surface area (Å²) in [5.41, 5.74) is 6.00. The van der Waals surface area contributed by atoms with Crippen molar-refractivity contribution in [1.29, 1.82) is 0 Å². The van der Waals surface area contributed by atoms with E-state index in [0.29, 0.717) is 17.7 Å². The molecule has 0 bridgehead atoms. The van der Waals surface area contributed by atoms with E-state index < -0.39 is 0 Å². The summed E-state index contributed by atoms with van der Waals surface area (Å²) < 4.78 is 4.42. The molecule has 2 rings (SSSR count). The van der Waals surface area contributed by atoms with Crippen LogP contribution in [0.2, 0.25) is 0 Å². The average Bonchev–Trinajstić information content (AvgIpc) is 3.02. The van der Waals surface area contributed by atoms with E-state index in [1.54, 1.807) is 25.0 Å². The average molecular weight is 365 g/mol. The van der Waals surface area contributed by atoms with Crippen LogP contribution < -0.4 is 17.0 Å². The number of fused-ring (bicyclic) bond motifs is 1. The Morgan fingerprint density at radius 3 is 2.35 bits per heavy atom. The fraction of sp³-hybridized carbons (Fsp3) is 0.722. The minimum atomic E-state index is -0.304. The van der Waals surface area contributed by atoms with Crippen LogP contribution in [0.3, 0.4) is 0 Å². The molecule has 0 aromatic carbocycles. The number of aliphatic hydroxyl groups excluding tert-OH is 1. The molecule has 2 aromatic rings. The molecular weight excluding hydrogens is 334 g/mol. The number of nitrogens with two attached hydrogens (primary N) is 1. The van der Waals surface area contributed by atoms with Crippen molar-refractivity contribution >= 4 is 11.2 Å². The number of hydrogen-bond acceptors (Lipinski definition) is 5. The van der Waals surface area contributed by atoms with E-state index in [2.05, 4.69) is 4.98 Å². The second kappa shape index (κ2) is 9.68. The van der Waals surface area contributed by atoms with E-state index in [-0.39, 0.29) is 23.9 Å². The number of aliphatic hydroxyl groups is 1. The van der Waals surface area contributed by atoms with Crippen LogP contribution >= 0.6 is 0 Å². The van der Waals surface area contributed by atoms with Crippen LogP contribution in [0.25, 0.3) is 11.2 Å². The first-order valence-corrected chi connectivity index (χ1v) is 9.44. The third-order valence-electron chi connectivity index (χ3n) is 4.89. The van der Waals surface area contributed by atoms with Crippen molar-refractivity contribution < 1.29 is 5.11 Å². The molecule has 0 saturated heterocycles. The molecule has 1 atom stereocenters. The molecule has 1 unspecified atom stereocenters. The predicted molar refractivity (Wildman–Crippen MR) is 102 cm³/mol. The Morgan fingerprint density at radius 1 is 1.08 bits per heavy atom. The third-order valence-corrected chi connectivity index (χ3v) is 4.89. The van der Waals surface area contributed by atoms with Gasteiger partial charge in [0.1, 0.15) is 0 Å². The van der Waals surface area contributed by atoms with Gasteiger partial charge in [-0.25, -0.2) is 9.78 Å². The topological polar surface area (TPSA) is 108 Å². The van der Waals surface area contributed by atoms with E-state index in [0.717, 1.165) is 51.4 Å². The van der Waals surface area contributed by atoms with Gasteiger partial charge in [-0.05, 0) is 12.8 Å². The quantitative estimate of drug-likeness (QED) is 0.575. The summed E-state index contributed by atoms with van der Waals surface area (Å²) in [6.45, 7) is 0.501. The molecule has 8 heteroatoms. The van der Waals surface area contributed by atoms with Gasteiger partial charge in [-0.15, -0.1) is 0 Å². The van der Waals surface area contributed by atoms with E-state index >= 15 is 0 Å². The van der Waals surface area contributed by atoms with Crippen molar-refractivity contribution in [2.24, 2.45) is 19.8 Å². The number of unbranched alkanes of at least 4 members (excludes halogenated alkanes) is 6. The van der Waals surface area contributed by atoms with Gasteiger partial charge in [-0.2, -0.15) is 0 Å². The fourth-order valence-electron chi connectivity index (χ4n) is 3.25. The van der Waals surface area contributed by atoms with Crippen molar-refractivity contribution in [3.8, 4) is 0 Å². The Kier molecular flexibility index (Phi) is 7.59. The summed E-state index contributed by atoms with van der Waals surface area (Å²) in [5, 5.41) is 8.87. The maximum absolute atomic E-state index is 12.6. The highest BCUT2D eigenvalue weighted by Crippen LogP contribution is 2.10. The summed E-state index contributed by atoms with van der Waals surface area (Å²) in [5.74, 6) is 0. The lowest BCUT2D eigenvalue weighted by Crippen LogP contribution is -2.39. The van der Waals surface area contributed by atoms with Gasteiger partial charge in [0.2, 0.25) is 0 Å². The molecule has 0 spiro atoms. The SMILES string of the molecule is Cn1cnc2c1c(=O)n(CCCCCCCCCC(N)CO)c(=O)n2C. The monoisotopic (exact) mass is 365 g/mol. The molecule has 0 radical (unpaired) electrons. The number of aromatic nitrogens is 4. The van der Waals surface area contributed by atoms with E-state index in [4.69, 9.17) is 10.8 Å². The Hall–Kier alpha value is -1.93. The Morgan fingerprint density at radius 2 is 1.69 bits per heavy atom. The molecule has 0 aliphatic carbocycles. The molecule has 146 valence electrons. The Balaban J connectivity index is 1.78. The van der Waals surface area contributed by atoms with Gasteiger partial charge in [0.05, 0.1) is 12.9 Å². The highest BCUT2D eigenvalue weighted by molar-refractivity contribution is 5.69. The van der Waals surface area contributed by atoms with Gasteiger partial charge in [0.25, 0.3) is 5.56 Å². The molecule has 0 aliphatic heterocycles. The normalized spacial score (nSPS) is 12.8. The van der Waals surface area contributed by atoms with Crippen LogP contribution in [-0.2, 0) is 20.6 Å². The van der Waals surface area contributed by atoms with E-state index in [1.807, 2.05) is 0 Å². The first-order chi connectivity index (χ1) is 12.5. The second-order valence-electron chi connectivity index (χ2n) is 7.03. The standard InChI is InChI=1S/C18H31N5O3/c1-21-13-20-16-15(21)17(25)23(18(26)22(16)2)11-9-7-5-3-4-6-8-10-14(19)12-24/h13-14,24H,3-12,19H2,1-2H3. The first kappa shape index (κ1) is 20.4. The third kappa shape index (κ3) is 4.82. The lowest BCUT2D eigenvalue weighted by atomic mass is 10.1. The summed E-state index contributed by atoms with van der Waals surface area (Å²) >= 11 is 0. The Bertz CT molecular complexity index is 821. The van der Waals surface area contributed by atoms with E-state index in [1.165, 1.54) is 9.13 Å². The number of nitrogens with zero attached hydrogens (tertiary/aromatic N) is 4. The lowest BCUT2D eigenvalue weighted by Gasteiger charge is -2.09. The minimum Gasteiger partial charge on any atom is -0.395 e. The highest BCUT2D eigenvalue weighted by Gasteiger charge is 2.14. The Labute approximate surface area is 153 Å². The van der Waals surface area contributed by atoms with E-state index in [9.17, 15) is 9.59 Å². The van der Waals surface area contributed by atoms with Crippen molar-refractivity contribution in [3.05, 3.63) is 27.2 Å². The summed E-state index contributed by atoms with van der Waals surface area (Å²) in [4.78, 5) is 29.1. The smallest absolute Gasteiger partial charge is 0.332 e. The van der Waals surface area contributed by atoms with Gasteiger partial charge >= 0.3 is 5.69 Å². The van der Waals surface area contributed by atoms with Gasteiger partial charge in [0.15, 0.2) is 11.2 Å². The lowest BCUT2D eigenvalue weighted by molar-refractivity contribution is 0.257. The van der Waals surface area contributed by atoms with Crippen molar-refractivity contribution in [2.45, 2.75) is 64.0 Å². The number of hydrogen-bond donors (Lipinski definition) is 2. The molecule has 3 N–H and O–H groups in total. The van der Waals surface area contributed by atoms with Crippen LogP contribution in [-0.4, -0.2) is 36.4 Å². The zero-order chi connectivity index (χ0) is 19.1. The minimum absolute atomic E-state index is 0.0590. The number of rotatable bonds is 11. The van der Waals surface area contributed by atoms with Gasteiger partial charge < -0.3 is 15.4 Å². The predicted octanol–water partition coefficient (Wildman–Crippen LogP) is 0.874.